The molecule has 1 saturated heterocycles. The summed E-state index contributed by atoms with van der Waals surface area (Å²) in [5.41, 5.74) is 3.67. The number of nitrogens with zero attached hydrogens (tertiary/aromatic N) is 4. The number of phenols is 1. The van der Waals surface area contributed by atoms with Crippen LogP contribution in [0.1, 0.15) is 25.0 Å². The Hall–Kier alpha value is -2.71. The number of amides is 2. The van der Waals surface area contributed by atoms with Crippen molar-refractivity contribution in [1.29, 1.82) is 0 Å². The van der Waals surface area contributed by atoms with Crippen molar-refractivity contribution in [3.8, 4) is 5.75 Å². The minimum Gasteiger partial charge on any atom is -0.507 e. The van der Waals surface area contributed by atoms with Crippen molar-refractivity contribution in [2.45, 2.75) is 20.3 Å². The molecule has 1 heterocycles. The second-order valence-electron chi connectivity index (χ2n) is 6.95. The van der Waals surface area contributed by atoms with Crippen molar-refractivity contribution < 1.29 is 14.7 Å². The fourth-order valence-electron chi connectivity index (χ4n) is 3.17. The molecule has 0 atom stereocenters. The molecular formula is C21H31N5O3. The van der Waals surface area contributed by atoms with Crippen LogP contribution >= 0.6 is 0 Å². The van der Waals surface area contributed by atoms with Gasteiger partial charge in [-0.1, -0.05) is 32.1 Å². The standard InChI is InChI=1S/C21H31N5O3/c1-4-8-17-9-7-10-18(21(17)29)13-22-23-19(27)14-26-12-11-25(15-20(26)28)16-24(5-2)6-3/h4,7,9-10,13,29H,1,5-6,8,11-12,14-16H2,2-3H3,(H,23,27)/b22-13+. The van der Waals surface area contributed by atoms with Crippen LogP contribution in [0.3, 0.4) is 0 Å². The highest BCUT2D eigenvalue weighted by Gasteiger charge is 2.26. The first-order valence-corrected chi connectivity index (χ1v) is 9.94. The Morgan fingerprint density at radius 3 is 2.76 bits per heavy atom. The van der Waals surface area contributed by atoms with Crippen LogP contribution in [0.5, 0.6) is 5.75 Å². The van der Waals surface area contributed by atoms with Gasteiger partial charge in [0.25, 0.3) is 5.91 Å². The summed E-state index contributed by atoms with van der Waals surface area (Å²) in [7, 11) is 0. The van der Waals surface area contributed by atoms with Gasteiger partial charge in [0.2, 0.25) is 5.91 Å². The third-order valence-electron chi connectivity index (χ3n) is 4.93. The van der Waals surface area contributed by atoms with E-state index in [1.807, 2.05) is 0 Å². The maximum absolute atomic E-state index is 12.3. The number of hydrogen-bond acceptors (Lipinski definition) is 6. The van der Waals surface area contributed by atoms with Gasteiger partial charge in [-0.25, -0.2) is 5.43 Å². The number of carbonyl (C=O) groups is 2. The van der Waals surface area contributed by atoms with Crippen LogP contribution in [0.15, 0.2) is 36.0 Å². The highest BCUT2D eigenvalue weighted by molar-refractivity contribution is 5.88. The summed E-state index contributed by atoms with van der Waals surface area (Å²) >= 11 is 0. The van der Waals surface area contributed by atoms with Gasteiger partial charge in [-0.15, -0.1) is 6.58 Å². The topological polar surface area (TPSA) is 88.5 Å². The van der Waals surface area contributed by atoms with Crippen molar-refractivity contribution in [3.63, 3.8) is 0 Å². The first-order chi connectivity index (χ1) is 14.0. The molecule has 0 aliphatic carbocycles. The third kappa shape index (κ3) is 6.69. The van der Waals surface area contributed by atoms with E-state index in [-0.39, 0.29) is 24.1 Å². The van der Waals surface area contributed by atoms with Crippen molar-refractivity contribution in [2.75, 3.05) is 45.9 Å². The molecule has 0 radical (unpaired) electrons. The van der Waals surface area contributed by atoms with E-state index in [0.29, 0.717) is 25.1 Å². The number of allylic oxidation sites excluding steroid dienone is 1. The second kappa shape index (κ2) is 11.3. The average molecular weight is 402 g/mol. The van der Waals surface area contributed by atoms with Crippen molar-refractivity contribution in [2.24, 2.45) is 5.10 Å². The molecule has 0 aromatic heterocycles. The lowest BCUT2D eigenvalue weighted by Crippen LogP contribution is -2.54. The smallest absolute Gasteiger partial charge is 0.259 e. The maximum Gasteiger partial charge on any atom is 0.259 e. The lowest BCUT2D eigenvalue weighted by molar-refractivity contribution is -0.140. The zero-order chi connectivity index (χ0) is 21.2. The monoisotopic (exact) mass is 401 g/mol. The van der Waals surface area contributed by atoms with Crippen LogP contribution in [-0.2, 0) is 16.0 Å². The molecule has 0 saturated carbocycles. The molecule has 1 aliphatic rings. The summed E-state index contributed by atoms with van der Waals surface area (Å²) in [6.45, 7) is 12.0. The zero-order valence-corrected chi connectivity index (χ0v) is 17.3. The van der Waals surface area contributed by atoms with Gasteiger partial charge < -0.3 is 10.0 Å². The molecular weight excluding hydrogens is 370 g/mol. The molecule has 8 heteroatoms. The molecule has 1 aliphatic heterocycles. The lowest BCUT2D eigenvalue weighted by Gasteiger charge is -2.36. The van der Waals surface area contributed by atoms with Crippen LogP contribution < -0.4 is 5.43 Å². The van der Waals surface area contributed by atoms with E-state index in [9.17, 15) is 14.7 Å². The molecule has 0 spiro atoms. The van der Waals surface area contributed by atoms with Gasteiger partial charge in [0.05, 0.1) is 19.4 Å². The molecule has 0 unspecified atom stereocenters. The number of hydrazone groups is 1. The van der Waals surface area contributed by atoms with E-state index in [1.54, 1.807) is 29.2 Å². The Morgan fingerprint density at radius 1 is 1.34 bits per heavy atom. The number of rotatable bonds is 10. The van der Waals surface area contributed by atoms with Crippen LogP contribution in [0.4, 0.5) is 0 Å². The first kappa shape index (κ1) is 22.6. The molecule has 158 valence electrons. The summed E-state index contributed by atoms with van der Waals surface area (Å²) < 4.78 is 0. The van der Waals surface area contributed by atoms with E-state index in [0.717, 1.165) is 31.9 Å². The molecule has 1 fully saturated rings. The summed E-state index contributed by atoms with van der Waals surface area (Å²) in [5, 5.41) is 14.1. The van der Waals surface area contributed by atoms with E-state index in [1.165, 1.54) is 6.21 Å². The summed E-state index contributed by atoms with van der Waals surface area (Å²) in [6, 6.07) is 5.31. The summed E-state index contributed by atoms with van der Waals surface area (Å²) in [5.74, 6) is -0.310. The Bertz CT molecular complexity index is 746. The molecule has 2 rings (SSSR count). The van der Waals surface area contributed by atoms with Gasteiger partial charge in [0.1, 0.15) is 12.3 Å². The van der Waals surface area contributed by atoms with Gasteiger partial charge in [-0.3, -0.25) is 19.4 Å². The fraction of sp³-hybridized carbons (Fsp3) is 0.476. The molecule has 1 aromatic carbocycles. The van der Waals surface area contributed by atoms with Crippen LogP contribution in [-0.4, -0.2) is 83.8 Å². The van der Waals surface area contributed by atoms with Crippen molar-refractivity contribution >= 4 is 18.0 Å². The predicted molar refractivity (Wildman–Crippen MR) is 114 cm³/mol. The van der Waals surface area contributed by atoms with E-state index >= 15 is 0 Å². The van der Waals surface area contributed by atoms with Gasteiger partial charge in [-0.05, 0) is 31.1 Å². The number of para-hydroxylation sites is 1. The number of piperazine rings is 1. The van der Waals surface area contributed by atoms with Gasteiger partial charge in [0.15, 0.2) is 0 Å². The number of phenolic OH excluding ortho intramolecular Hbond substituents is 1. The number of aromatic hydroxyl groups is 1. The molecule has 1 aromatic rings. The lowest BCUT2D eigenvalue weighted by atomic mass is 10.1. The SMILES string of the molecule is C=CCc1cccc(/C=N/NC(=O)CN2CCN(CN(CC)CC)CC2=O)c1O. The molecule has 0 bridgehead atoms. The Balaban J connectivity index is 1.83. The number of benzene rings is 1. The van der Waals surface area contributed by atoms with Crippen LogP contribution in [0.25, 0.3) is 0 Å². The van der Waals surface area contributed by atoms with Gasteiger partial charge in [-0.2, -0.15) is 5.10 Å². The summed E-state index contributed by atoms with van der Waals surface area (Å²) in [6.07, 6.45) is 3.64. The van der Waals surface area contributed by atoms with E-state index in [4.69, 9.17) is 0 Å². The Kier molecular flexibility index (Phi) is 8.82. The highest BCUT2D eigenvalue weighted by atomic mass is 16.3. The van der Waals surface area contributed by atoms with Crippen molar-refractivity contribution in [1.82, 2.24) is 20.1 Å². The van der Waals surface area contributed by atoms with Crippen molar-refractivity contribution in [3.05, 3.63) is 42.0 Å². The zero-order valence-electron chi connectivity index (χ0n) is 17.3. The highest BCUT2D eigenvalue weighted by Crippen LogP contribution is 2.21. The minimum atomic E-state index is -0.367. The second-order valence-corrected chi connectivity index (χ2v) is 6.95. The number of hydrogen-bond donors (Lipinski definition) is 2. The predicted octanol–water partition coefficient (Wildman–Crippen LogP) is 1.01. The minimum absolute atomic E-state index is 0.0300. The normalized spacial score (nSPS) is 15.3. The quantitative estimate of drug-likeness (QED) is 0.347. The van der Waals surface area contributed by atoms with E-state index in [2.05, 4.69) is 40.8 Å². The molecule has 2 amide bonds. The first-order valence-electron chi connectivity index (χ1n) is 9.94. The third-order valence-corrected chi connectivity index (χ3v) is 4.93. The summed E-state index contributed by atoms with van der Waals surface area (Å²) in [4.78, 5) is 30.4. The van der Waals surface area contributed by atoms with Crippen LogP contribution in [0, 0.1) is 0 Å². The number of carbonyl (C=O) groups excluding carboxylic acids is 2. The average Bonchev–Trinajstić information content (AvgIpc) is 2.71. The largest absolute Gasteiger partial charge is 0.507 e. The van der Waals surface area contributed by atoms with Gasteiger partial charge in [0, 0.05) is 18.7 Å². The van der Waals surface area contributed by atoms with Crippen LogP contribution in [0.2, 0.25) is 0 Å². The Morgan fingerprint density at radius 2 is 2.10 bits per heavy atom. The van der Waals surface area contributed by atoms with E-state index < -0.39 is 0 Å². The molecule has 2 N–H and O–H groups in total. The number of nitrogens with one attached hydrogen (secondary N) is 1. The maximum atomic E-state index is 12.3. The van der Waals surface area contributed by atoms with Gasteiger partial charge >= 0.3 is 0 Å². The molecule has 29 heavy (non-hydrogen) atoms. The Labute approximate surface area is 172 Å². The fourth-order valence-corrected chi connectivity index (χ4v) is 3.17. The molecule has 8 nitrogen and oxygen atoms in total.